The normalized spacial score (nSPS) is 11.2. The molecule has 29 heavy (non-hydrogen) atoms. The van der Waals surface area contributed by atoms with E-state index in [9.17, 15) is 0 Å². The van der Waals surface area contributed by atoms with Crippen molar-refractivity contribution in [2.24, 2.45) is 4.99 Å². The lowest BCUT2D eigenvalue weighted by molar-refractivity contribution is 0.412. The van der Waals surface area contributed by atoms with E-state index in [0.29, 0.717) is 18.2 Å². The molecule has 3 aromatic rings. The number of benzene rings is 1. The Hall–Kier alpha value is -3.13. The van der Waals surface area contributed by atoms with Gasteiger partial charge in [-0.15, -0.1) is 11.3 Å². The Morgan fingerprint density at radius 3 is 2.52 bits per heavy atom. The molecular formula is C21H25N5O2S. The van der Waals surface area contributed by atoms with Crippen LogP contribution in [0.3, 0.4) is 0 Å². The fraction of sp³-hybridized carbons (Fsp3) is 0.286. The van der Waals surface area contributed by atoms with Crippen molar-refractivity contribution in [3.8, 4) is 17.4 Å². The number of aryl methyl sites for hydroxylation is 1. The summed E-state index contributed by atoms with van der Waals surface area (Å²) >= 11 is 1.67. The van der Waals surface area contributed by atoms with E-state index in [1.165, 1.54) is 0 Å². The predicted molar refractivity (Wildman–Crippen MR) is 116 cm³/mol. The largest absolute Gasteiger partial charge is 0.497 e. The van der Waals surface area contributed by atoms with E-state index in [4.69, 9.17) is 9.47 Å². The maximum atomic E-state index is 5.75. The van der Waals surface area contributed by atoms with Crippen molar-refractivity contribution in [1.29, 1.82) is 0 Å². The van der Waals surface area contributed by atoms with Gasteiger partial charge in [0.05, 0.1) is 17.8 Å². The molecule has 152 valence electrons. The topological polar surface area (TPSA) is 80.7 Å². The number of pyridine rings is 1. The van der Waals surface area contributed by atoms with Crippen LogP contribution < -0.4 is 20.1 Å². The molecule has 2 aromatic heterocycles. The number of thiazole rings is 1. The Kier molecular flexibility index (Phi) is 7.40. The highest BCUT2D eigenvalue weighted by atomic mass is 32.1. The summed E-state index contributed by atoms with van der Waals surface area (Å²) in [5.41, 5.74) is 2.14. The van der Waals surface area contributed by atoms with Crippen molar-refractivity contribution in [1.82, 2.24) is 20.6 Å². The summed E-state index contributed by atoms with van der Waals surface area (Å²) in [5.74, 6) is 2.79. The summed E-state index contributed by atoms with van der Waals surface area (Å²) in [6, 6.07) is 11.2. The first-order valence-corrected chi connectivity index (χ1v) is 10.2. The molecule has 7 nitrogen and oxygen atoms in total. The van der Waals surface area contributed by atoms with Gasteiger partial charge in [-0.2, -0.15) is 0 Å². The second-order valence-electron chi connectivity index (χ2n) is 6.24. The van der Waals surface area contributed by atoms with E-state index in [2.05, 4.69) is 31.0 Å². The molecule has 0 fully saturated rings. The summed E-state index contributed by atoms with van der Waals surface area (Å²) in [6.45, 7) is 3.41. The van der Waals surface area contributed by atoms with E-state index in [-0.39, 0.29) is 0 Å². The zero-order valence-corrected chi connectivity index (χ0v) is 17.6. The van der Waals surface area contributed by atoms with Gasteiger partial charge in [-0.3, -0.25) is 4.99 Å². The minimum Gasteiger partial charge on any atom is -0.497 e. The predicted octanol–water partition coefficient (Wildman–Crippen LogP) is 3.56. The molecule has 0 aliphatic rings. The summed E-state index contributed by atoms with van der Waals surface area (Å²) in [4.78, 5) is 13.1. The van der Waals surface area contributed by atoms with Crippen molar-refractivity contribution in [2.45, 2.75) is 19.9 Å². The van der Waals surface area contributed by atoms with Gasteiger partial charge in [-0.25, -0.2) is 9.97 Å². The Labute approximate surface area is 174 Å². The average Bonchev–Trinajstić information content (AvgIpc) is 3.17. The fourth-order valence-electron chi connectivity index (χ4n) is 2.58. The number of rotatable bonds is 8. The molecule has 3 rings (SSSR count). The van der Waals surface area contributed by atoms with Gasteiger partial charge in [0.25, 0.3) is 0 Å². The lowest BCUT2D eigenvalue weighted by Crippen LogP contribution is -2.37. The van der Waals surface area contributed by atoms with Crippen LogP contribution >= 0.6 is 11.3 Å². The number of ether oxygens (including phenoxy) is 2. The molecule has 0 aliphatic carbocycles. The van der Waals surface area contributed by atoms with Crippen molar-refractivity contribution < 1.29 is 9.47 Å². The van der Waals surface area contributed by atoms with Crippen LogP contribution in [-0.2, 0) is 13.0 Å². The van der Waals surface area contributed by atoms with Gasteiger partial charge in [0.15, 0.2) is 5.96 Å². The maximum Gasteiger partial charge on any atom is 0.219 e. The maximum absolute atomic E-state index is 5.75. The molecule has 0 saturated heterocycles. The molecule has 0 atom stereocenters. The zero-order valence-electron chi connectivity index (χ0n) is 16.8. The molecule has 0 spiro atoms. The Bertz CT molecular complexity index is 923. The lowest BCUT2D eigenvalue weighted by Gasteiger charge is -2.12. The lowest BCUT2D eigenvalue weighted by atomic mass is 10.3. The number of aliphatic imine (C=N–C) groups is 1. The molecule has 2 N–H and O–H groups in total. The highest BCUT2D eigenvalue weighted by Gasteiger charge is 2.03. The Balaban J connectivity index is 1.44. The van der Waals surface area contributed by atoms with E-state index in [0.717, 1.165) is 40.9 Å². The minimum atomic E-state index is 0.542. The van der Waals surface area contributed by atoms with Gasteiger partial charge in [0.1, 0.15) is 11.5 Å². The van der Waals surface area contributed by atoms with Crippen molar-refractivity contribution in [3.05, 3.63) is 64.2 Å². The van der Waals surface area contributed by atoms with E-state index < -0.39 is 0 Å². The first-order valence-electron chi connectivity index (χ1n) is 9.28. The van der Waals surface area contributed by atoms with Crippen LogP contribution in [0.25, 0.3) is 0 Å². The number of methoxy groups -OCH3 is 1. The van der Waals surface area contributed by atoms with Gasteiger partial charge < -0.3 is 20.1 Å². The minimum absolute atomic E-state index is 0.542. The van der Waals surface area contributed by atoms with E-state index in [1.54, 1.807) is 31.7 Å². The number of nitrogens with zero attached hydrogens (tertiary/aromatic N) is 3. The molecule has 0 radical (unpaired) electrons. The van der Waals surface area contributed by atoms with Gasteiger partial charge in [0, 0.05) is 44.2 Å². The molecular weight excluding hydrogens is 386 g/mol. The van der Waals surface area contributed by atoms with Gasteiger partial charge in [-0.05, 0) is 36.8 Å². The second-order valence-corrected chi connectivity index (χ2v) is 7.30. The number of nitrogens with one attached hydrogen (secondary N) is 2. The van der Waals surface area contributed by atoms with Gasteiger partial charge >= 0.3 is 0 Å². The third kappa shape index (κ3) is 6.46. The van der Waals surface area contributed by atoms with E-state index in [1.807, 2.05) is 43.3 Å². The van der Waals surface area contributed by atoms with E-state index >= 15 is 0 Å². The van der Waals surface area contributed by atoms with Crippen molar-refractivity contribution >= 4 is 17.3 Å². The fourth-order valence-corrected chi connectivity index (χ4v) is 3.23. The SMILES string of the molecule is CN=C(NCCc1csc(C)n1)NCc1ccc(Oc2ccc(OC)cc2)nc1. The van der Waals surface area contributed by atoms with Gasteiger partial charge in [-0.1, -0.05) is 6.07 Å². The highest BCUT2D eigenvalue weighted by molar-refractivity contribution is 7.09. The highest BCUT2D eigenvalue weighted by Crippen LogP contribution is 2.22. The summed E-state index contributed by atoms with van der Waals surface area (Å²) in [7, 11) is 3.39. The Morgan fingerprint density at radius 2 is 1.90 bits per heavy atom. The third-order valence-corrected chi connectivity index (χ3v) is 4.93. The second kappa shape index (κ2) is 10.4. The smallest absolute Gasteiger partial charge is 0.219 e. The first-order chi connectivity index (χ1) is 14.2. The summed E-state index contributed by atoms with van der Waals surface area (Å²) in [6.07, 6.45) is 2.65. The standard InChI is InChI=1S/C21H25N5O2S/c1-15-26-17(14-29-15)10-11-23-21(22-2)25-13-16-4-9-20(24-12-16)28-19-7-5-18(27-3)6-8-19/h4-9,12,14H,10-11,13H2,1-3H3,(H2,22,23,25). The number of hydrogen-bond donors (Lipinski definition) is 2. The van der Waals surface area contributed by atoms with Crippen LogP contribution in [0.2, 0.25) is 0 Å². The molecule has 0 amide bonds. The molecule has 0 saturated carbocycles. The van der Waals surface area contributed by atoms with Crippen LogP contribution in [0.4, 0.5) is 0 Å². The monoisotopic (exact) mass is 411 g/mol. The number of hydrogen-bond acceptors (Lipinski definition) is 6. The van der Waals surface area contributed by atoms with Crippen molar-refractivity contribution in [3.63, 3.8) is 0 Å². The molecule has 0 bridgehead atoms. The van der Waals surface area contributed by atoms with Crippen LogP contribution in [-0.4, -0.2) is 36.6 Å². The van der Waals surface area contributed by atoms with Crippen LogP contribution in [0.15, 0.2) is 53.0 Å². The summed E-state index contributed by atoms with van der Waals surface area (Å²) < 4.78 is 10.9. The third-order valence-electron chi connectivity index (χ3n) is 4.10. The Morgan fingerprint density at radius 1 is 1.10 bits per heavy atom. The average molecular weight is 412 g/mol. The molecule has 0 unspecified atom stereocenters. The van der Waals surface area contributed by atoms with Crippen LogP contribution in [0.5, 0.6) is 17.4 Å². The molecule has 8 heteroatoms. The quantitative estimate of drug-likeness (QED) is 0.436. The molecule has 0 aliphatic heterocycles. The van der Waals surface area contributed by atoms with Crippen LogP contribution in [0.1, 0.15) is 16.3 Å². The van der Waals surface area contributed by atoms with Gasteiger partial charge in [0.2, 0.25) is 5.88 Å². The van der Waals surface area contributed by atoms with Crippen LogP contribution in [0, 0.1) is 6.92 Å². The zero-order chi connectivity index (χ0) is 20.5. The molecule has 2 heterocycles. The number of guanidine groups is 1. The van der Waals surface area contributed by atoms with Crippen molar-refractivity contribution in [2.75, 3.05) is 20.7 Å². The summed E-state index contributed by atoms with van der Waals surface area (Å²) in [5, 5.41) is 9.77. The first kappa shape index (κ1) is 20.6. The number of aromatic nitrogens is 2. The molecule has 1 aromatic carbocycles.